The van der Waals surface area contributed by atoms with Crippen LogP contribution in [0.5, 0.6) is 5.75 Å². The predicted molar refractivity (Wildman–Crippen MR) is 79.6 cm³/mol. The van der Waals surface area contributed by atoms with E-state index in [4.69, 9.17) is 10.5 Å². The maximum atomic E-state index is 11.8. The molecule has 0 saturated carbocycles. The number of ether oxygens (including phenoxy) is 1. The summed E-state index contributed by atoms with van der Waals surface area (Å²) >= 11 is 0. The Kier molecular flexibility index (Phi) is 5.24. The number of nitrogens with zero attached hydrogens (tertiary/aromatic N) is 1. The molecule has 0 bridgehead atoms. The van der Waals surface area contributed by atoms with Crippen molar-refractivity contribution in [2.45, 2.75) is 25.8 Å². The Hall–Kier alpha value is -1.75. The van der Waals surface area contributed by atoms with Crippen molar-refractivity contribution in [3.05, 3.63) is 24.3 Å². The maximum Gasteiger partial charge on any atom is 0.257 e. The molecule has 0 aromatic heterocycles. The largest absolute Gasteiger partial charge is 0.482 e. The Morgan fingerprint density at radius 2 is 2.30 bits per heavy atom. The lowest BCUT2D eigenvalue weighted by atomic mass is 10.2. The molecule has 1 aliphatic heterocycles. The highest BCUT2D eigenvalue weighted by Gasteiger charge is 2.23. The average molecular weight is 277 g/mol. The zero-order valence-electron chi connectivity index (χ0n) is 12.0. The van der Waals surface area contributed by atoms with Crippen LogP contribution < -0.4 is 15.8 Å². The SMILES string of the molecule is CCN1CCCC1CNC(=O)COc1ccccc1N. The molecule has 2 rings (SSSR count). The van der Waals surface area contributed by atoms with Gasteiger partial charge in [-0.05, 0) is 38.1 Å². The van der Waals surface area contributed by atoms with Gasteiger partial charge in [0.15, 0.2) is 6.61 Å². The molecule has 1 aromatic carbocycles. The first-order valence-corrected chi connectivity index (χ1v) is 7.18. The number of likely N-dealkylation sites (tertiary alicyclic amines) is 1. The van der Waals surface area contributed by atoms with Crippen molar-refractivity contribution >= 4 is 11.6 Å². The fourth-order valence-electron chi connectivity index (χ4n) is 2.58. The van der Waals surface area contributed by atoms with Gasteiger partial charge in [-0.3, -0.25) is 9.69 Å². The van der Waals surface area contributed by atoms with Gasteiger partial charge in [0.25, 0.3) is 5.91 Å². The second-order valence-corrected chi connectivity index (χ2v) is 5.06. The van der Waals surface area contributed by atoms with Gasteiger partial charge >= 0.3 is 0 Å². The molecular weight excluding hydrogens is 254 g/mol. The summed E-state index contributed by atoms with van der Waals surface area (Å²) in [6.45, 7) is 5.03. The van der Waals surface area contributed by atoms with Crippen LogP contribution in [-0.2, 0) is 4.79 Å². The van der Waals surface area contributed by atoms with Gasteiger partial charge in [-0.1, -0.05) is 19.1 Å². The molecule has 1 fully saturated rings. The average Bonchev–Trinajstić information content (AvgIpc) is 2.91. The van der Waals surface area contributed by atoms with Crippen molar-refractivity contribution in [3.8, 4) is 5.75 Å². The van der Waals surface area contributed by atoms with E-state index in [0.29, 0.717) is 24.0 Å². The first kappa shape index (κ1) is 14.7. The monoisotopic (exact) mass is 277 g/mol. The van der Waals surface area contributed by atoms with E-state index in [1.165, 1.54) is 6.42 Å². The Morgan fingerprint density at radius 1 is 1.50 bits per heavy atom. The lowest BCUT2D eigenvalue weighted by Crippen LogP contribution is -2.41. The first-order chi connectivity index (χ1) is 9.70. The summed E-state index contributed by atoms with van der Waals surface area (Å²) in [6, 6.07) is 7.65. The number of nitrogen functional groups attached to an aromatic ring is 1. The van der Waals surface area contributed by atoms with Gasteiger partial charge in [0.1, 0.15) is 5.75 Å². The number of rotatable bonds is 6. The fraction of sp³-hybridized carbons (Fsp3) is 0.533. The van der Waals surface area contributed by atoms with Crippen molar-refractivity contribution in [3.63, 3.8) is 0 Å². The van der Waals surface area contributed by atoms with Crippen LogP contribution in [0, 0.1) is 0 Å². The summed E-state index contributed by atoms with van der Waals surface area (Å²) in [5, 5.41) is 2.93. The second kappa shape index (κ2) is 7.14. The van der Waals surface area contributed by atoms with Crippen molar-refractivity contribution in [2.24, 2.45) is 0 Å². The van der Waals surface area contributed by atoms with Crippen molar-refractivity contribution < 1.29 is 9.53 Å². The highest BCUT2D eigenvalue weighted by atomic mass is 16.5. The van der Waals surface area contributed by atoms with E-state index in [9.17, 15) is 4.79 Å². The van der Waals surface area contributed by atoms with Crippen LogP contribution in [0.3, 0.4) is 0 Å². The number of carbonyl (C=O) groups is 1. The Labute approximate surface area is 120 Å². The van der Waals surface area contributed by atoms with Crippen LogP contribution >= 0.6 is 0 Å². The van der Waals surface area contributed by atoms with Crippen LogP contribution in [0.1, 0.15) is 19.8 Å². The van der Waals surface area contributed by atoms with E-state index < -0.39 is 0 Å². The van der Waals surface area contributed by atoms with Crippen LogP contribution in [-0.4, -0.2) is 43.1 Å². The van der Waals surface area contributed by atoms with E-state index in [0.717, 1.165) is 19.5 Å². The molecule has 1 unspecified atom stereocenters. The van der Waals surface area contributed by atoms with Crippen molar-refractivity contribution in [1.82, 2.24) is 10.2 Å². The third kappa shape index (κ3) is 3.87. The lowest BCUT2D eigenvalue weighted by Gasteiger charge is -2.22. The lowest BCUT2D eigenvalue weighted by molar-refractivity contribution is -0.123. The second-order valence-electron chi connectivity index (χ2n) is 5.06. The molecule has 5 nitrogen and oxygen atoms in total. The fourth-order valence-corrected chi connectivity index (χ4v) is 2.58. The molecule has 0 radical (unpaired) electrons. The zero-order chi connectivity index (χ0) is 14.4. The summed E-state index contributed by atoms with van der Waals surface area (Å²) in [7, 11) is 0. The third-order valence-electron chi connectivity index (χ3n) is 3.72. The number of hydrogen-bond donors (Lipinski definition) is 2. The normalized spacial score (nSPS) is 18.9. The molecule has 1 amide bonds. The summed E-state index contributed by atoms with van der Waals surface area (Å²) in [5.41, 5.74) is 6.30. The number of para-hydroxylation sites is 2. The molecule has 0 aliphatic carbocycles. The number of nitrogens with two attached hydrogens (primary N) is 1. The zero-order valence-corrected chi connectivity index (χ0v) is 12.0. The smallest absolute Gasteiger partial charge is 0.257 e. The number of nitrogens with one attached hydrogen (secondary N) is 1. The van der Waals surface area contributed by atoms with E-state index in [-0.39, 0.29) is 12.5 Å². The highest BCUT2D eigenvalue weighted by Crippen LogP contribution is 2.19. The molecular formula is C15H23N3O2. The molecule has 20 heavy (non-hydrogen) atoms. The van der Waals surface area contributed by atoms with Crippen LogP contribution in [0.2, 0.25) is 0 Å². The molecule has 5 heteroatoms. The third-order valence-corrected chi connectivity index (χ3v) is 3.72. The number of benzene rings is 1. The summed E-state index contributed by atoms with van der Waals surface area (Å²) in [5.74, 6) is 0.454. The standard InChI is InChI=1S/C15H23N3O2/c1-2-18-9-5-6-12(18)10-17-15(19)11-20-14-8-4-3-7-13(14)16/h3-4,7-8,12H,2,5-6,9-11,16H2,1H3,(H,17,19). The van der Waals surface area contributed by atoms with Gasteiger partial charge in [-0.2, -0.15) is 0 Å². The Balaban J connectivity index is 1.72. The van der Waals surface area contributed by atoms with Gasteiger partial charge in [0.05, 0.1) is 5.69 Å². The molecule has 1 heterocycles. The summed E-state index contributed by atoms with van der Waals surface area (Å²) in [4.78, 5) is 14.2. The molecule has 3 N–H and O–H groups in total. The molecule has 110 valence electrons. The maximum absolute atomic E-state index is 11.8. The van der Waals surface area contributed by atoms with Crippen LogP contribution in [0.15, 0.2) is 24.3 Å². The van der Waals surface area contributed by atoms with Crippen LogP contribution in [0.4, 0.5) is 5.69 Å². The Bertz CT molecular complexity index is 450. The molecule has 1 atom stereocenters. The van der Waals surface area contributed by atoms with Crippen molar-refractivity contribution in [1.29, 1.82) is 0 Å². The number of carbonyl (C=O) groups excluding carboxylic acids is 1. The number of anilines is 1. The van der Waals surface area contributed by atoms with Gasteiger partial charge < -0.3 is 15.8 Å². The van der Waals surface area contributed by atoms with Gasteiger partial charge in [0, 0.05) is 12.6 Å². The summed E-state index contributed by atoms with van der Waals surface area (Å²) < 4.78 is 5.42. The van der Waals surface area contributed by atoms with E-state index in [1.54, 1.807) is 12.1 Å². The van der Waals surface area contributed by atoms with E-state index in [2.05, 4.69) is 17.1 Å². The minimum Gasteiger partial charge on any atom is -0.482 e. The first-order valence-electron chi connectivity index (χ1n) is 7.18. The summed E-state index contributed by atoms with van der Waals surface area (Å²) in [6.07, 6.45) is 2.37. The topological polar surface area (TPSA) is 67.6 Å². The predicted octanol–water partition coefficient (Wildman–Crippen LogP) is 1.25. The highest BCUT2D eigenvalue weighted by molar-refractivity contribution is 5.77. The number of amides is 1. The molecule has 0 spiro atoms. The van der Waals surface area contributed by atoms with E-state index in [1.807, 2.05) is 12.1 Å². The van der Waals surface area contributed by atoms with Gasteiger partial charge in [-0.15, -0.1) is 0 Å². The quantitative estimate of drug-likeness (QED) is 0.768. The van der Waals surface area contributed by atoms with E-state index >= 15 is 0 Å². The number of hydrogen-bond acceptors (Lipinski definition) is 4. The molecule has 1 aliphatic rings. The van der Waals surface area contributed by atoms with Crippen LogP contribution in [0.25, 0.3) is 0 Å². The number of likely N-dealkylation sites (N-methyl/N-ethyl adjacent to an activating group) is 1. The Morgan fingerprint density at radius 3 is 3.05 bits per heavy atom. The molecule has 1 saturated heterocycles. The minimum atomic E-state index is -0.101. The van der Waals surface area contributed by atoms with Crippen molar-refractivity contribution in [2.75, 3.05) is 32.0 Å². The van der Waals surface area contributed by atoms with Gasteiger partial charge in [-0.25, -0.2) is 0 Å². The van der Waals surface area contributed by atoms with Gasteiger partial charge in [0.2, 0.25) is 0 Å². The molecule has 1 aromatic rings. The minimum absolute atomic E-state index is 0.00700.